The molecule has 4 heteroatoms. The first-order valence-corrected chi connectivity index (χ1v) is 4.00. The fourth-order valence-corrected chi connectivity index (χ4v) is 1.33. The van der Waals surface area contributed by atoms with Gasteiger partial charge < -0.3 is 5.32 Å². The number of hydrogen-bond donors (Lipinski definition) is 2. The van der Waals surface area contributed by atoms with Crippen LogP contribution >= 0.6 is 11.6 Å². The fraction of sp³-hybridized carbons (Fsp3) is 0.125. The summed E-state index contributed by atoms with van der Waals surface area (Å²) in [5.74, 6) is 0. The number of benzene rings is 1. The van der Waals surface area contributed by atoms with Crippen molar-refractivity contribution in [3.8, 4) is 0 Å². The van der Waals surface area contributed by atoms with Gasteiger partial charge in [-0.1, -0.05) is 11.6 Å². The molecule has 0 saturated carbocycles. The van der Waals surface area contributed by atoms with Crippen LogP contribution in [0.2, 0.25) is 5.15 Å². The highest BCUT2D eigenvalue weighted by atomic mass is 35.5. The van der Waals surface area contributed by atoms with Crippen molar-refractivity contribution in [2.45, 2.75) is 0 Å². The van der Waals surface area contributed by atoms with Crippen molar-refractivity contribution >= 4 is 28.2 Å². The molecule has 2 N–H and O–H groups in total. The van der Waals surface area contributed by atoms with Crippen molar-refractivity contribution in [2.24, 2.45) is 0 Å². The minimum Gasteiger partial charge on any atom is -0.388 e. The molecular weight excluding hydrogens is 174 g/mol. The molecule has 0 aliphatic rings. The van der Waals surface area contributed by atoms with Crippen molar-refractivity contribution < 1.29 is 0 Å². The van der Waals surface area contributed by atoms with E-state index in [1.54, 1.807) is 0 Å². The lowest BCUT2D eigenvalue weighted by molar-refractivity contribution is 1.12. The van der Waals surface area contributed by atoms with E-state index in [4.69, 9.17) is 11.6 Å². The number of rotatable bonds is 1. The molecule has 1 aromatic carbocycles. The van der Waals surface area contributed by atoms with Crippen LogP contribution in [0.3, 0.4) is 0 Å². The third kappa shape index (κ3) is 1.02. The summed E-state index contributed by atoms with van der Waals surface area (Å²) < 4.78 is 0. The van der Waals surface area contributed by atoms with E-state index in [1.165, 1.54) is 0 Å². The molecule has 0 saturated heterocycles. The van der Waals surface area contributed by atoms with E-state index in [-0.39, 0.29) is 0 Å². The first-order valence-electron chi connectivity index (χ1n) is 3.62. The van der Waals surface area contributed by atoms with Gasteiger partial charge in [-0.15, -0.1) is 0 Å². The smallest absolute Gasteiger partial charge is 0.132 e. The predicted molar refractivity (Wildman–Crippen MR) is 50.7 cm³/mol. The Morgan fingerprint density at radius 2 is 2.33 bits per heavy atom. The van der Waals surface area contributed by atoms with Crippen molar-refractivity contribution in [1.82, 2.24) is 10.2 Å². The average Bonchev–Trinajstić information content (AvgIpc) is 2.47. The summed E-state index contributed by atoms with van der Waals surface area (Å²) in [5, 5.41) is 11.3. The van der Waals surface area contributed by atoms with Crippen LogP contribution in [0.15, 0.2) is 18.2 Å². The molecule has 3 nitrogen and oxygen atoms in total. The highest BCUT2D eigenvalue weighted by Crippen LogP contribution is 2.23. The average molecular weight is 182 g/mol. The molecule has 0 amide bonds. The van der Waals surface area contributed by atoms with Gasteiger partial charge in [0.15, 0.2) is 0 Å². The zero-order valence-corrected chi connectivity index (χ0v) is 7.31. The second kappa shape index (κ2) is 2.68. The predicted octanol–water partition coefficient (Wildman–Crippen LogP) is 2.26. The number of hydrogen-bond acceptors (Lipinski definition) is 2. The highest BCUT2D eigenvalue weighted by molar-refractivity contribution is 6.34. The fourth-order valence-electron chi connectivity index (χ4n) is 1.13. The van der Waals surface area contributed by atoms with E-state index in [1.807, 2.05) is 25.2 Å². The van der Waals surface area contributed by atoms with Gasteiger partial charge in [0.1, 0.15) is 5.15 Å². The summed E-state index contributed by atoms with van der Waals surface area (Å²) in [6, 6.07) is 5.84. The Kier molecular flexibility index (Phi) is 1.66. The van der Waals surface area contributed by atoms with E-state index in [0.717, 1.165) is 16.6 Å². The number of halogens is 1. The monoisotopic (exact) mass is 181 g/mol. The molecule has 0 atom stereocenters. The molecule has 0 aliphatic carbocycles. The number of aromatic nitrogens is 2. The number of H-pyrrole nitrogens is 1. The Morgan fingerprint density at radius 1 is 1.50 bits per heavy atom. The molecule has 1 heterocycles. The summed E-state index contributed by atoms with van der Waals surface area (Å²) in [7, 11) is 1.87. The van der Waals surface area contributed by atoms with E-state index in [9.17, 15) is 0 Å². The molecule has 0 bridgehead atoms. The molecule has 62 valence electrons. The van der Waals surface area contributed by atoms with Crippen LogP contribution in [0.1, 0.15) is 0 Å². The van der Waals surface area contributed by atoms with Crippen molar-refractivity contribution in [3.05, 3.63) is 23.4 Å². The lowest BCUT2D eigenvalue weighted by Gasteiger charge is -1.97. The Labute approximate surface area is 74.7 Å². The van der Waals surface area contributed by atoms with Crippen molar-refractivity contribution in [1.29, 1.82) is 0 Å². The van der Waals surface area contributed by atoms with Crippen LogP contribution in [0.25, 0.3) is 10.9 Å². The topological polar surface area (TPSA) is 40.7 Å². The zero-order valence-electron chi connectivity index (χ0n) is 6.56. The Hall–Kier alpha value is -1.22. The number of nitrogens with one attached hydrogen (secondary N) is 2. The van der Waals surface area contributed by atoms with Gasteiger partial charge in [0.05, 0.1) is 5.52 Å². The standard InChI is InChI=1S/C8H8ClN3/c1-10-5-2-3-7-6(4-5)8(9)12-11-7/h2-4,10H,1H3,(H,11,12). The molecular formula is C8H8ClN3. The number of fused-ring (bicyclic) bond motifs is 1. The zero-order chi connectivity index (χ0) is 8.55. The minimum absolute atomic E-state index is 0.585. The number of aromatic amines is 1. The van der Waals surface area contributed by atoms with E-state index >= 15 is 0 Å². The second-order valence-electron chi connectivity index (χ2n) is 2.52. The summed E-state index contributed by atoms with van der Waals surface area (Å²) >= 11 is 5.86. The Morgan fingerprint density at radius 3 is 3.08 bits per heavy atom. The van der Waals surface area contributed by atoms with Gasteiger partial charge in [0.25, 0.3) is 0 Å². The SMILES string of the molecule is CNc1ccc2n[nH]c(Cl)c2c1. The van der Waals surface area contributed by atoms with Crippen LogP contribution in [0.4, 0.5) is 5.69 Å². The van der Waals surface area contributed by atoms with Crippen LogP contribution in [0.5, 0.6) is 0 Å². The van der Waals surface area contributed by atoms with Crippen molar-refractivity contribution in [3.63, 3.8) is 0 Å². The molecule has 2 aromatic rings. The maximum Gasteiger partial charge on any atom is 0.132 e. The highest BCUT2D eigenvalue weighted by Gasteiger charge is 2.02. The molecule has 0 radical (unpaired) electrons. The summed E-state index contributed by atoms with van der Waals surface area (Å²) in [4.78, 5) is 0. The van der Waals surface area contributed by atoms with Crippen molar-refractivity contribution in [2.75, 3.05) is 12.4 Å². The lowest BCUT2D eigenvalue weighted by atomic mass is 10.2. The normalized spacial score (nSPS) is 10.5. The van der Waals surface area contributed by atoms with E-state index in [2.05, 4.69) is 15.5 Å². The molecule has 0 fully saturated rings. The van der Waals surface area contributed by atoms with Crippen LogP contribution in [0, 0.1) is 0 Å². The maximum atomic E-state index is 5.86. The molecule has 12 heavy (non-hydrogen) atoms. The van der Waals surface area contributed by atoms with Gasteiger partial charge in [-0.3, -0.25) is 5.10 Å². The molecule has 0 aliphatic heterocycles. The Balaban J connectivity index is 2.71. The van der Waals surface area contributed by atoms with Gasteiger partial charge in [-0.05, 0) is 18.2 Å². The molecule has 2 rings (SSSR count). The Bertz CT molecular complexity index is 408. The lowest BCUT2D eigenvalue weighted by Crippen LogP contribution is -1.85. The first-order chi connectivity index (χ1) is 5.81. The van der Waals surface area contributed by atoms with Gasteiger partial charge in [-0.25, -0.2) is 0 Å². The minimum atomic E-state index is 0.585. The largest absolute Gasteiger partial charge is 0.388 e. The number of anilines is 1. The molecule has 0 spiro atoms. The van der Waals surface area contributed by atoms with Gasteiger partial charge >= 0.3 is 0 Å². The third-order valence-corrected chi connectivity index (χ3v) is 2.08. The summed E-state index contributed by atoms with van der Waals surface area (Å²) in [6.07, 6.45) is 0. The van der Waals surface area contributed by atoms with E-state index in [0.29, 0.717) is 5.15 Å². The summed E-state index contributed by atoms with van der Waals surface area (Å²) in [5.41, 5.74) is 1.92. The van der Waals surface area contributed by atoms with Crippen LogP contribution in [-0.4, -0.2) is 17.2 Å². The molecule has 0 unspecified atom stereocenters. The second-order valence-corrected chi connectivity index (χ2v) is 2.90. The third-order valence-electron chi connectivity index (χ3n) is 1.80. The summed E-state index contributed by atoms with van der Waals surface area (Å²) in [6.45, 7) is 0. The molecule has 1 aromatic heterocycles. The van der Waals surface area contributed by atoms with Gasteiger partial charge in [0, 0.05) is 18.1 Å². The quantitative estimate of drug-likeness (QED) is 0.709. The van der Waals surface area contributed by atoms with Gasteiger partial charge in [0.2, 0.25) is 0 Å². The first kappa shape index (κ1) is 7.43. The number of nitrogens with zero attached hydrogens (tertiary/aromatic N) is 1. The van der Waals surface area contributed by atoms with Crippen LogP contribution < -0.4 is 5.32 Å². The maximum absolute atomic E-state index is 5.86. The van der Waals surface area contributed by atoms with Crippen LogP contribution in [-0.2, 0) is 0 Å². The van der Waals surface area contributed by atoms with E-state index < -0.39 is 0 Å². The van der Waals surface area contributed by atoms with Gasteiger partial charge in [-0.2, -0.15) is 5.10 Å².